The van der Waals surface area contributed by atoms with E-state index in [9.17, 15) is 0 Å². The number of rotatable bonds is 1. The summed E-state index contributed by atoms with van der Waals surface area (Å²) in [7, 11) is 0. The Balaban J connectivity index is 2.84. The van der Waals surface area contributed by atoms with E-state index in [1.807, 2.05) is 0 Å². The Bertz CT molecular complexity index is 231. The highest BCUT2D eigenvalue weighted by atomic mass is 15.5. The van der Waals surface area contributed by atoms with E-state index in [0.717, 1.165) is 5.82 Å². The molecule has 0 aliphatic heterocycles. The minimum absolute atomic E-state index is 0.443. The number of nitrogens with zero attached hydrogens (tertiary/aromatic N) is 4. The van der Waals surface area contributed by atoms with Crippen molar-refractivity contribution in [1.29, 1.82) is 0 Å². The summed E-state index contributed by atoms with van der Waals surface area (Å²) in [5, 5.41) is 10.7. The fourth-order valence-electron chi connectivity index (χ4n) is 0.482. The molecule has 0 spiro atoms. The van der Waals surface area contributed by atoms with Crippen molar-refractivity contribution in [2.75, 3.05) is 0 Å². The van der Waals surface area contributed by atoms with E-state index >= 15 is 0 Å². The van der Waals surface area contributed by atoms with Gasteiger partial charge >= 0.3 is 0 Å². The summed E-state index contributed by atoms with van der Waals surface area (Å²) in [4.78, 5) is 0. The topological polar surface area (TPSA) is 43.6 Å². The van der Waals surface area contributed by atoms with Crippen molar-refractivity contribution in [3.05, 3.63) is 5.82 Å². The molecule has 0 aliphatic carbocycles. The second-order valence-electron chi connectivity index (χ2n) is 1.59. The fraction of sp³-hybridized carbons (Fsp3) is 0.400. The van der Waals surface area contributed by atoms with Crippen LogP contribution in [0.3, 0.4) is 0 Å². The molecule has 0 fully saturated rings. The number of hydrogen-bond acceptors (Lipinski definition) is 3. The molecule has 0 unspecified atom stereocenters. The molecule has 1 heterocycles. The van der Waals surface area contributed by atoms with E-state index in [2.05, 4.69) is 21.4 Å². The van der Waals surface area contributed by atoms with Gasteiger partial charge < -0.3 is 0 Å². The fourth-order valence-corrected chi connectivity index (χ4v) is 0.482. The van der Waals surface area contributed by atoms with E-state index in [0.29, 0.717) is 6.54 Å². The van der Waals surface area contributed by atoms with Gasteiger partial charge in [0.1, 0.15) is 12.4 Å². The lowest BCUT2D eigenvalue weighted by molar-refractivity contribution is 0.655. The Morgan fingerprint density at radius 3 is 3.00 bits per heavy atom. The van der Waals surface area contributed by atoms with Crippen LogP contribution in [-0.4, -0.2) is 20.2 Å². The minimum atomic E-state index is 0.443. The van der Waals surface area contributed by atoms with Crippen molar-refractivity contribution in [3.8, 4) is 12.3 Å². The zero-order valence-corrected chi connectivity index (χ0v) is 5.07. The average Bonchev–Trinajstić information content (AvgIpc) is 2.18. The molecule has 0 saturated heterocycles. The predicted molar refractivity (Wildman–Crippen MR) is 31.4 cm³/mol. The summed E-state index contributed by atoms with van der Waals surface area (Å²) in [6.07, 6.45) is 5.02. The van der Waals surface area contributed by atoms with Gasteiger partial charge in [-0.2, -0.15) is 0 Å². The third-order valence-electron chi connectivity index (χ3n) is 0.952. The highest BCUT2D eigenvalue weighted by Gasteiger charge is 1.94. The summed E-state index contributed by atoms with van der Waals surface area (Å²) >= 11 is 0. The van der Waals surface area contributed by atoms with Gasteiger partial charge in [-0.1, -0.05) is 5.92 Å². The Hall–Kier alpha value is -1.37. The third-order valence-corrected chi connectivity index (χ3v) is 0.952. The number of terminal acetylenes is 1. The SMILES string of the molecule is C#CCn1nnnc1C. The molecule has 0 N–H and O–H groups in total. The molecule has 0 bridgehead atoms. The van der Waals surface area contributed by atoms with Gasteiger partial charge in [0.15, 0.2) is 0 Å². The summed E-state index contributed by atoms with van der Waals surface area (Å²) in [6.45, 7) is 2.25. The molecule has 9 heavy (non-hydrogen) atoms. The first-order chi connectivity index (χ1) is 4.34. The van der Waals surface area contributed by atoms with Crippen LogP contribution in [0, 0.1) is 19.3 Å². The van der Waals surface area contributed by atoms with Crippen LogP contribution >= 0.6 is 0 Å². The van der Waals surface area contributed by atoms with E-state index in [1.165, 1.54) is 0 Å². The van der Waals surface area contributed by atoms with Gasteiger partial charge in [-0.3, -0.25) is 0 Å². The van der Waals surface area contributed by atoms with E-state index in [-0.39, 0.29) is 0 Å². The van der Waals surface area contributed by atoms with Crippen molar-refractivity contribution in [2.45, 2.75) is 13.5 Å². The molecule has 46 valence electrons. The zero-order chi connectivity index (χ0) is 6.69. The molecular weight excluding hydrogens is 116 g/mol. The van der Waals surface area contributed by atoms with Crippen LogP contribution in [0.2, 0.25) is 0 Å². The lowest BCUT2D eigenvalue weighted by Gasteiger charge is -1.89. The van der Waals surface area contributed by atoms with Crippen LogP contribution in [-0.2, 0) is 6.54 Å². The number of aromatic nitrogens is 4. The molecule has 1 rings (SSSR count). The smallest absolute Gasteiger partial charge is 0.149 e. The molecular formula is C5H6N4. The molecule has 1 aromatic rings. The first-order valence-corrected chi connectivity index (χ1v) is 2.51. The Labute approximate surface area is 52.9 Å². The van der Waals surface area contributed by atoms with Gasteiger partial charge in [0.25, 0.3) is 0 Å². The van der Waals surface area contributed by atoms with Gasteiger partial charge in [0.05, 0.1) is 0 Å². The second-order valence-corrected chi connectivity index (χ2v) is 1.59. The first kappa shape index (κ1) is 5.76. The van der Waals surface area contributed by atoms with Crippen molar-refractivity contribution in [3.63, 3.8) is 0 Å². The lowest BCUT2D eigenvalue weighted by Crippen LogP contribution is -1.99. The Kier molecular flexibility index (Phi) is 1.45. The normalized spacial score (nSPS) is 8.89. The summed E-state index contributed by atoms with van der Waals surface area (Å²) in [5.41, 5.74) is 0. The van der Waals surface area contributed by atoms with Gasteiger partial charge in [-0.15, -0.1) is 11.5 Å². The summed E-state index contributed by atoms with van der Waals surface area (Å²) < 4.78 is 1.56. The highest BCUT2D eigenvalue weighted by molar-refractivity contribution is 4.86. The van der Waals surface area contributed by atoms with Crippen molar-refractivity contribution in [1.82, 2.24) is 20.2 Å². The molecule has 0 aliphatic rings. The maximum atomic E-state index is 5.02. The van der Waals surface area contributed by atoms with Gasteiger partial charge in [0, 0.05) is 0 Å². The average molecular weight is 122 g/mol. The monoisotopic (exact) mass is 122 g/mol. The van der Waals surface area contributed by atoms with Gasteiger partial charge in [-0.25, -0.2) is 4.68 Å². The zero-order valence-electron chi connectivity index (χ0n) is 5.07. The number of aryl methyl sites for hydroxylation is 1. The molecule has 0 amide bonds. The van der Waals surface area contributed by atoms with Crippen molar-refractivity contribution < 1.29 is 0 Å². The summed E-state index contributed by atoms with van der Waals surface area (Å²) in [6, 6.07) is 0. The first-order valence-electron chi connectivity index (χ1n) is 2.51. The molecule has 1 aromatic heterocycles. The number of hydrogen-bond donors (Lipinski definition) is 0. The van der Waals surface area contributed by atoms with Crippen molar-refractivity contribution in [2.24, 2.45) is 0 Å². The number of tetrazole rings is 1. The van der Waals surface area contributed by atoms with E-state index in [1.54, 1.807) is 11.6 Å². The molecule has 0 aromatic carbocycles. The van der Waals surface area contributed by atoms with Crippen LogP contribution in [0.15, 0.2) is 0 Å². The van der Waals surface area contributed by atoms with Crippen molar-refractivity contribution >= 4 is 0 Å². The van der Waals surface area contributed by atoms with Crippen LogP contribution in [0.25, 0.3) is 0 Å². The van der Waals surface area contributed by atoms with E-state index in [4.69, 9.17) is 6.42 Å². The molecule has 0 saturated carbocycles. The maximum Gasteiger partial charge on any atom is 0.149 e. The molecule has 0 radical (unpaired) electrons. The lowest BCUT2D eigenvalue weighted by atomic mass is 10.6. The van der Waals surface area contributed by atoms with Crippen LogP contribution in [0.4, 0.5) is 0 Å². The summed E-state index contributed by atoms with van der Waals surface area (Å²) in [5.74, 6) is 3.17. The third kappa shape index (κ3) is 1.05. The Morgan fingerprint density at radius 1 is 1.78 bits per heavy atom. The Morgan fingerprint density at radius 2 is 2.56 bits per heavy atom. The van der Waals surface area contributed by atoms with Crippen LogP contribution in [0.5, 0.6) is 0 Å². The van der Waals surface area contributed by atoms with Crippen LogP contribution < -0.4 is 0 Å². The van der Waals surface area contributed by atoms with Gasteiger partial charge in [0.2, 0.25) is 0 Å². The largest absolute Gasteiger partial charge is 0.218 e. The standard InChI is InChI=1S/C5H6N4/c1-3-4-9-5(2)6-7-8-9/h1H,4H2,2H3. The molecule has 4 heteroatoms. The minimum Gasteiger partial charge on any atom is -0.218 e. The predicted octanol–water partition coefficient (Wildman–Crippen LogP) is -0.385. The quantitative estimate of drug-likeness (QED) is 0.477. The second kappa shape index (κ2) is 2.27. The van der Waals surface area contributed by atoms with Crippen LogP contribution in [0.1, 0.15) is 5.82 Å². The molecule has 4 nitrogen and oxygen atoms in total. The van der Waals surface area contributed by atoms with E-state index < -0.39 is 0 Å². The van der Waals surface area contributed by atoms with Gasteiger partial charge in [-0.05, 0) is 17.4 Å². The maximum absolute atomic E-state index is 5.02. The molecule has 0 atom stereocenters. The highest BCUT2D eigenvalue weighted by Crippen LogP contribution is 1.84.